The summed E-state index contributed by atoms with van der Waals surface area (Å²) in [6.07, 6.45) is 5.85. The molecule has 0 saturated carbocycles. The summed E-state index contributed by atoms with van der Waals surface area (Å²) < 4.78 is 5.27. The highest BCUT2D eigenvalue weighted by Gasteiger charge is 2.31. The number of amides is 1. The quantitative estimate of drug-likeness (QED) is 0.659. The van der Waals surface area contributed by atoms with Crippen molar-refractivity contribution in [3.63, 3.8) is 0 Å². The molecule has 1 atom stereocenters. The van der Waals surface area contributed by atoms with Crippen molar-refractivity contribution in [1.82, 2.24) is 4.90 Å². The molecule has 1 aromatic carbocycles. The molecule has 1 aliphatic heterocycles. The molecule has 1 amide bonds. The van der Waals surface area contributed by atoms with Crippen LogP contribution in [0, 0.1) is 0 Å². The van der Waals surface area contributed by atoms with Gasteiger partial charge in [-0.2, -0.15) is 0 Å². The molecule has 4 heteroatoms. The van der Waals surface area contributed by atoms with Crippen molar-refractivity contribution >= 4 is 23.3 Å². The van der Waals surface area contributed by atoms with Gasteiger partial charge in [-0.15, -0.1) is 11.3 Å². The average molecular weight is 335 g/mol. The lowest BCUT2D eigenvalue weighted by atomic mass is 9.93. The molecule has 3 heterocycles. The average Bonchev–Trinajstić information content (AvgIpc) is 3.30. The van der Waals surface area contributed by atoms with Gasteiger partial charge in [-0.25, -0.2) is 0 Å². The number of thiophene rings is 1. The summed E-state index contributed by atoms with van der Waals surface area (Å²) in [7, 11) is 0. The van der Waals surface area contributed by atoms with E-state index >= 15 is 0 Å². The van der Waals surface area contributed by atoms with Gasteiger partial charge in [0.1, 0.15) is 5.76 Å². The van der Waals surface area contributed by atoms with Crippen LogP contribution in [0.3, 0.4) is 0 Å². The maximum atomic E-state index is 12.8. The largest absolute Gasteiger partial charge is 0.465 e. The fourth-order valence-electron chi connectivity index (χ4n) is 3.18. The number of carbonyl (C=O) groups excluding carboxylic acids is 1. The first-order chi connectivity index (χ1) is 11.8. The van der Waals surface area contributed by atoms with Crippen LogP contribution in [0.15, 0.2) is 70.7 Å². The van der Waals surface area contributed by atoms with E-state index in [4.69, 9.17) is 4.42 Å². The molecule has 0 radical (unpaired) electrons. The van der Waals surface area contributed by atoms with Gasteiger partial charge in [0.15, 0.2) is 0 Å². The molecule has 3 nitrogen and oxygen atoms in total. The summed E-state index contributed by atoms with van der Waals surface area (Å²) >= 11 is 1.78. The smallest absolute Gasteiger partial charge is 0.247 e. The highest BCUT2D eigenvalue weighted by Crippen LogP contribution is 2.37. The summed E-state index contributed by atoms with van der Waals surface area (Å²) in [5.41, 5.74) is 2.40. The number of furan rings is 1. The van der Waals surface area contributed by atoms with Crippen molar-refractivity contribution in [1.29, 1.82) is 0 Å². The van der Waals surface area contributed by atoms with Crippen LogP contribution in [-0.2, 0) is 11.2 Å². The van der Waals surface area contributed by atoms with Crippen LogP contribution >= 0.6 is 11.3 Å². The zero-order chi connectivity index (χ0) is 16.4. The predicted octanol–water partition coefficient (Wildman–Crippen LogP) is 4.53. The number of hydrogen-bond donors (Lipinski definition) is 0. The minimum Gasteiger partial charge on any atom is -0.465 e. The van der Waals surface area contributed by atoms with Crippen LogP contribution in [-0.4, -0.2) is 17.4 Å². The number of carbonyl (C=O) groups is 1. The Morgan fingerprint density at radius 2 is 2.04 bits per heavy atom. The van der Waals surface area contributed by atoms with Crippen LogP contribution in [0.2, 0.25) is 0 Å². The molecule has 3 aromatic rings. The van der Waals surface area contributed by atoms with Gasteiger partial charge in [0, 0.05) is 17.5 Å². The molecule has 120 valence electrons. The Balaban J connectivity index is 1.67. The molecule has 0 N–H and O–H groups in total. The number of rotatable bonds is 3. The standard InChI is InChI=1S/C20H17NO2S/c22-19(9-8-16-7-4-13-23-16)21-12-10-18-17(11-14-24-18)20(21)15-5-2-1-3-6-15/h1-9,11,13-14,20H,10,12H2/b9-8+/t20-/m1/s1. The summed E-state index contributed by atoms with van der Waals surface area (Å²) in [6.45, 7) is 0.731. The first-order valence-corrected chi connectivity index (χ1v) is 8.84. The Bertz CT molecular complexity index is 849. The van der Waals surface area contributed by atoms with E-state index in [0.29, 0.717) is 5.76 Å². The number of benzene rings is 1. The molecular formula is C20H17NO2S. The third-order valence-corrected chi connectivity index (χ3v) is 5.29. The Morgan fingerprint density at radius 1 is 1.17 bits per heavy atom. The maximum absolute atomic E-state index is 12.8. The minimum atomic E-state index is -0.0186. The molecule has 24 heavy (non-hydrogen) atoms. The first kappa shape index (κ1) is 15.0. The van der Waals surface area contributed by atoms with E-state index in [1.54, 1.807) is 29.8 Å². The van der Waals surface area contributed by atoms with Gasteiger partial charge in [0.05, 0.1) is 12.3 Å². The van der Waals surface area contributed by atoms with Crippen LogP contribution in [0.4, 0.5) is 0 Å². The van der Waals surface area contributed by atoms with Crippen molar-refractivity contribution in [2.24, 2.45) is 0 Å². The molecule has 2 aromatic heterocycles. The van der Waals surface area contributed by atoms with Gasteiger partial charge < -0.3 is 9.32 Å². The highest BCUT2D eigenvalue weighted by atomic mass is 32.1. The minimum absolute atomic E-state index is 0.0112. The maximum Gasteiger partial charge on any atom is 0.247 e. The molecule has 1 aliphatic rings. The Labute approximate surface area is 144 Å². The molecule has 0 spiro atoms. The zero-order valence-corrected chi connectivity index (χ0v) is 13.9. The monoisotopic (exact) mass is 335 g/mol. The molecule has 0 aliphatic carbocycles. The van der Waals surface area contributed by atoms with E-state index in [0.717, 1.165) is 18.5 Å². The van der Waals surface area contributed by atoms with Gasteiger partial charge in [0.25, 0.3) is 0 Å². The lowest BCUT2D eigenvalue weighted by Gasteiger charge is -2.35. The Morgan fingerprint density at radius 3 is 2.83 bits per heavy atom. The first-order valence-electron chi connectivity index (χ1n) is 7.96. The fourth-order valence-corrected chi connectivity index (χ4v) is 4.09. The Hall–Kier alpha value is -2.59. The van der Waals surface area contributed by atoms with Crippen molar-refractivity contribution < 1.29 is 9.21 Å². The third kappa shape index (κ3) is 2.81. The van der Waals surface area contributed by atoms with Gasteiger partial charge in [-0.3, -0.25) is 4.79 Å². The number of fused-ring (bicyclic) bond motifs is 1. The van der Waals surface area contributed by atoms with E-state index in [2.05, 4.69) is 23.6 Å². The molecular weight excluding hydrogens is 318 g/mol. The second-order valence-electron chi connectivity index (χ2n) is 5.74. The molecule has 0 bridgehead atoms. The van der Waals surface area contributed by atoms with Crippen molar-refractivity contribution in [2.75, 3.05) is 6.54 Å². The lowest BCUT2D eigenvalue weighted by Crippen LogP contribution is -2.39. The normalized spacial score (nSPS) is 17.2. The molecule has 0 unspecified atom stereocenters. The van der Waals surface area contributed by atoms with Crippen molar-refractivity contribution in [3.05, 3.63) is 88.0 Å². The molecule has 0 fully saturated rings. The summed E-state index contributed by atoms with van der Waals surface area (Å²) in [5, 5.41) is 2.12. The van der Waals surface area contributed by atoms with Crippen LogP contribution in [0.25, 0.3) is 6.08 Å². The predicted molar refractivity (Wildman–Crippen MR) is 95.8 cm³/mol. The van der Waals surface area contributed by atoms with Crippen molar-refractivity contribution in [2.45, 2.75) is 12.5 Å². The Kier molecular flexibility index (Phi) is 4.05. The number of hydrogen-bond acceptors (Lipinski definition) is 3. The summed E-state index contributed by atoms with van der Waals surface area (Å²) in [5.74, 6) is 0.699. The van der Waals surface area contributed by atoms with E-state index in [1.165, 1.54) is 10.4 Å². The second kappa shape index (κ2) is 6.49. The van der Waals surface area contributed by atoms with Crippen molar-refractivity contribution in [3.8, 4) is 0 Å². The fraction of sp³-hybridized carbons (Fsp3) is 0.150. The van der Waals surface area contributed by atoms with Gasteiger partial charge >= 0.3 is 0 Å². The SMILES string of the molecule is O=C(/C=C/c1ccco1)N1CCc2sccc2[C@H]1c1ccccc1. The zero-order valence-electron chi connectivity index (χ0n) is 13.1. The highest BCUT2D eigenvalue weighted by molar-refractivity contribution is 7.10. The van der Waals surface area contributed by atoms with Crippen LogP contribution < -0.4 is 0 Å². The van der Waals surface area contributed by atoms with E-state index in [1.807, 2.05) is 35.2 Å². The van der Waals surface area contributed by atoms with E-state index < -0.39 is 0 Å². The third-order valence-electron chi connectivity index (χ3n) is 4.30. The second-order valence-corrected chi connectivity index (χ2v) is 6.74. The molecule has 0 saturated heterocycles. The van der Waals surface area contributed by atoms with Crippen LogP contribution in [0.5, 0.6) is 0 Å². The lowest BCUT2D eigenvalue weighted by molar-refractivity contribution is -0.127. The van der Waals surface area contributed by atoms with Gasteiger partial charge in [0.2, 0.25) is 5.91 Å². The van der Waals surface area contributed by atoms with E-state index in [-0.39, 0.29) is 11.9 Å². The van der Waals surface area contributed by atoms with Gasteiger partial charge in [-0.1, -0.05) is 30.3 Å². The van der Waals surface area contributed by atoms with E-state index in [9.17, 15) is 4.79 Å². The summed E-state index contributed by atoms with van der Waals surface area (Å²) in [4.78, 5) is 16.1. The summed E-state index contributed by atoms with van der Waals surface area (Å²) in [6, 6.07) is 16.0. The topological polar surface area (TPSA) is 33.5 Å². The molecule has 4 rings (SSSR count). The van der Waals surface area contributed by atoms with Crippen LogP contribution in [0.1, 0.15) is 27.8 Å². The number of nitrogens with zero attached hydrogens (tertiary/aromatic N) is 1. The van der Waals surface area contributed by atoms with Gasteiger partial charge in [-0.05, 0) is 47.2 Å².